The molecule has 5 heteroatoms. The van der Waals surface area contributed by atoms with Crippen LogP contribution in [0.15, 0.2) is 30.3 Å². The average Bonchev–Trinajstić information content (AvgIpc) is 2.61. The molecule has 5 nitrogen and oxygen atoms in total. The average molecular weight is 318 g/mol. The van der Waals surface area contributed by atoms with E-state index in [-0.39, 0.29) is 30.3 Å². The lowest BCUT2D eigenvalue weighted by Crippen LogP contribution is -2.43. The highest BCUT2D eigenvalue weighted by Gasteiger charge is 2.27. The van der Waals surface area contributed by atoms with Crippen molar-refractivity contribution >= 4 is 11.8 Å². The molecule has 23 heavy (non-hydrogen) atoms. The van der Waals surface area contributed by atoms with Gasteiger partial charge in [-0.25, -0.2) is 0 Å². The molecule has 0 aliphatic carbocycles. The van der Waals surface area contributed by atoms with Gasteiger partial charge in [0.15, 0.2) is 0 Å². The van der Waals surface area contributed by atoms with Crippen molar-refractivity contribution in [1.82, 2.24) is 9.80 Å². The largest absolute Gasteiger partial charge is 0.381 e. The fraction of sp³-hybridized carbons (Fsp3) is 0.556. The van der Waals surface area contributed by atoms with Gasteiger partial charge in [-0.15, -0.1) is 0 Å². The van der Waals surface area contributed by atoms with Crippen LogP contribution in [0.3, 0.4) is 0 Å². The topological polar surface area (TPSA) is 49.9 Å². The third-order valence-corrected chi connectivity index (χ3v) is 4.51. The lowest BCUT2D eigenvalue weighted by molar-refractivity contribution is -0.144. The Balaban J connectivity index is 1.90. The van der Waals surface area contributed by atoms with Gasteiger partial charge in [0.1, 0.15) is 0 Å². The zero-order chi connectivity index (χ0) is 16.8. The van der Waals surface area contributed by atoms with Crippen LogP contribution in [0.1, 0.15) is 31.4 Å². The first-order valence-electron chi connectivity index (χ1n) is 8.14. The van der Waals surface area contributed by atoms with Crippen LogP contribution in [-0.4, -0.2) is 55.5 Å². The number of benzene rings is 1. The molecule has 1 aliphatic rings. The highest BCUT2D eigenvalue weighted by Crippen LogP contribution is 2.19. The maximum atomic E-state index is 12.5. The van der Waals surface area contributed by atoms with Gasteiger partial charge >= 0.3 is 0 Å². The predicted molar refractivity (Wildman–Crippen MR) is 88.8 cm³/mol. The van der Waals surface area contributed by atoms with Gasteiger partial charge in [0.2, 0.25) is 11.8 Å². The summed E-state index contributed by atoms with van der Waals surface area (Å²) in [4.78, 5) is 28.0. The van der Waals surface area contributed by atoms with E-state index in [1.807, 2.05) is 37.3 Å². The summed E-state index contributed by atoms with van der Waals surface area (Å²) in [5.74, 6) is -0.175. The summed E-state index contributed by atoms with van der Waals surface area (Å²) >= 11 is 0. The van der Waals surface area contributed by atoms with Crippen molar-refractivity contribution in [3.63, 3.8) is 0 Å². The SMILES string of the molecule is C[C@@H](c1ccccc1)N(C)C(=O)CN(C)C(=O)[C@H]1CCCOC1. The van der Waals surface area contributed by atoms with Crippen LogP contribution in [0, 0.1) is 5.92 Å². The summed E-state index contributed by atoms with van der Waals surface area (Å²) in [5.41, 5.74) is 1.08. The molecule has 1 saturated heterocycles. The second kappa shape index (κ2) is 8.11. The van der Waals surface area contributed by atoms with E-state index < -0.39 is 0 Å². The maximum absolute atomic E-state index is 12.5. The van der Waals surface area contributed by atoms with Gasteiger partial charge in [0.25, 0.3) is 0 Å². The van der Waals surface area contributed by atoms with Gasteiger partial charge < -0.3 is 14.5 Å². The predicted octanol–water partition coefficient (Wildman–Crippen LogP) is 2.09. The minimum absolute atomic E-state index is 0.00110. The van der Waals surface area contributed by atoms with E-state index >= 15 is 0 Å². The number of likely N-dealkylation sites (N-methyl/N-ethyl adjacent to an activating group) is 2. The van der Waals surface area contributed by atoms with Crippen molar-refractivity contribution in [3.05, 3.63) is 35.9 Å². The number of ether oxygens (including phenoxy) is 1. The van der Waals surface area contributed by atoms with Gasteiger partial charge in [0, 0.05) is 20.7 Å². The van der Waals surface area contributed by atoms with Gasteiger partial charge in [0.05, 0.1) is 25.1 Å². The quantitative estimate of drug-likeness (QED) is 0.835. The number of rotatable bonds is 5. The fourth-order valence-electron chi connectivity index (χ4n) is 2.81. The molecule has 0 saturated carbocycles. The van der Waals surface area contributed by atoms with Crippen molar-refractivity contribution in [2.45, 2.75) is 25.8 Å². The summed E-state index contributed by atoms with van der Waals surface area (Å²) in [6.45, 7) is 3.28. The monoisotopic (exact) mass is 318 g/mol. The molecular formula is C18H26N2O3. The molecule has 0 unspecified atom stereocenters. The number of amides is 2. The van der Waals surface area contributed by atoms with Gasteiger partial charge in [-0.3, -0.25) is 9.59 Å². The van der Waals surface area contributed by atoms with Crippen molar-refractivity contribution in [1.29, 1.82) is 0 Å². The molecule has 0 radical (unpaired) electrons. The van der Waals surface area contributed by atoms with Gasteiger partial charge in [-0.1, -0.05) is 30.3 Å². The molecule has 0 bridgehead atoms. The van der Waals surface area contributed by atoms with E-state index in [2.05, 4.69) is 0 Å². The number of carbonyl (C=O) groups is 2. The van der Waals surface area contributed by atoms with E-state index in [4.69, 9.17) is 4.74 Å². The molecule has 126 valence electrons. The molecular weight excluding hydrogens is 292 g/mol. The van der Waals surface area contributed by atoms with Crippen LogP contribution in [-0.2, 0) is 14.3 Å². The maximum Gasteiger partial charge on any atom is 0.242 e. The Kier molecular flexibility index (Phi) is 6.16. The molecule has 0 N–H and O–H groups in total. The number of nitrogens with zero attached hydrogens (tertiary/aromatic N) is 2. The van der Waals surface area contributed by atoms with Crippen LogP contribution in [0.4, 0.5) is 0 Å². The van der Waals surface area contributed by atoms with Gasteiger partial charge in [-0.05, 0) is 25.3 Å². The second-order valence-electron chi connectivity index (χ2n) is 6.20. The molecule has 1 fully saturated rings. The smallest absolute Gasteiger partial charge is 0.242 e. The van der Waals surface area contributed by atoms with Crippen molar-refractivity contribution < 1.29 is 14.3 Å². The van der Waals surface area contributed by atoms with Crippen LogP contribution in [0.2, 0.25) is 0 Å². The molecule has 1 heterocycles. The third kappa shape index (κ3) is 4.55. The lowest BCUT2D eigenvalue weighted by atomic mass is 10.0. The zero-order valence-electron chi connectivity index (χ0n) is 14.2. The van der Waals surface area contributed by atoms with Crippen molar-refractivity contribution in [3.8, 4) is 0 Å². The summed E-state index contributed by atoms with van der Waals surface area (Å²) in [6.07, 6.45) is 1.75. The third-order valence-electron chi connectivity index (χ3n) is 4.51. The van der Waals surface area contributed by atoms with E-state index in [1.54, 1.807) is 19.0 Å². The molecule has 2 rings (SSSR count). The highest BCUT2D eigenvalue weighted by molar-refractivity contribution is 5.86. The molecule has 2 amide bonds. The summed E-state index contributed by atoms with van der Waals surface area (Å²) in [6, 6.07) is 9.86. The van der Waals surface area contributed by atoms with E-state index in [9.17, 15) is 9.59 Å². The molecule has 0 aromatic heterocycles. The minimum Gasteiger partial charge on any atom is -0.381 e. The Hall–Kier alpha value is -1.88. The van der Waals surface area contributed by atoms with Crippen molar-refractivity contribution in [2.24, 2.45) is 5.92 Å². The second-order valence-corrected chi connectivity index (χ2v) is 6.20. The Morgan fingerprint density at radius 3 is 2.57 bits per heavy atom. The van der Waals surface area contributed by atoms with Crippen LogP contribution in [0.5, 0.6) is 0 Å². The normalized spacial score (nSPS) is 19.0. The van der Waals surface area contributed by atoms with Crippen molar-refractivity contribution in [2.75, 3.05) is 33.9 Å². The summed E-state index contributed by atoms with van der Waals surface area (Å²) in [7, 11) is 3.47. The minimum atomic E-state index is -0.113. The Bertz CT molecular complexity index is 526. The first-order valence-corrected chi connectivity index (χ1v) is 8.14. The van der Waals surface area contributed by atoms with Gasteiger partial charge in [-0.2, -0.15) is 0 Å². The van der Waals surface area contributed by atoms with E-state index in [1.165, 1.54) is 4.90 Å². The van der Waals surface area contributed by atoms with E-state index in [0.717, 1.165) is 25.0 Å². The molecule has 0 spiro atoms. The molecule has 1 aliphatic heterocycles. The highest BCUT2D eigenvalue weighted by atomic mass is 16.5. The fourth-order valence-corrected chi connectivity index (χ4v) is 2.81. The van der Waals surface area contributed by atoms with Crippen LogP contribution < -0.4 is 0 Å². The number of hydrogen-bond donors (Lipinski definition) is 0. The van der Waals surface area contributed by atoms with E-state index in [0.29, 0.717) is 6.61 Å². The first kappa shape index (κ1) is 17.5. The van der Waals surface area contributed by atoms with Crippen LogP contribution in [0.25, 0.3) is 0 Å². The standard InChI is InChI=1S/C18H26N2O3/c1-14(15-8-5-4-6-9-15)20(3)17(21)12-19(2)18(22)16-10-7-11-23-13-16/h4-6,8-9,14,16H,7,10-13H2,1-3H3/t14-,16-/m0/s1. The summed E-state index contributed by atoms with van der Waals surface area (Å²) in [5, 5.41) is 0. The molecule has 1 aromatic carbocycles. The molecule has 1 aromatic rings. The van der Waals surface area contributed by atoms with Crippen LogP contribution >= 0.6 is 0 Å². The number of carbonyl (C=O) groups excluding carboxylic acids is 2. The first-order chi connectivity index (χ1) is 11.0. The number of hydrogen-bond acceptors (Lipinski definition) is 3. The summed E-state index contributed by atoms with van der Waals surface area (Å²) < 4.78 is 5.36. The Morgan fingerprint density at radius 1 is 1.26 bits per heavy atom. The zero-order valence-corrected chi connectivity index (χ0v) is 14.2. The molecule has 2 atom stereocenters. The Labute approximate surface area is 138 Å². The Morgan fingerprint density at radius 2 is 1.96 bits per heavy atom. The lowest BCUT2D eigenvalue weighted by Gasteiger charge is -2.30.